The van der Waals surface area contributed by atoms with E-state index in [9.17, 15) is 14.7 Å². The number of hydrogen-bond acceptors (Lipinski definition) is 5. The van der Waals surface area contributed by atoms with Gasteiger partial charge < -0.3 is 14.7 Å². The minimum Gasteiger partial charge on any atom is -0.508 e. The van der Waals surface area contributed by atoms with E-state index in [1.165, 1.54) is 12.0 Å². The molecule has 21 heavy (non-hydrogen) atoms. The molecule has 1 atom stereocenters. The lowest BCUT2D eigenvalue weighted by Gasteiger charge is -2.18. The lowest BCUT2D eigenvalue weighted by Crippen LogP contribution is -2.37. The molecule has 1 heterocycles. The van der Waals surface area contributed by atoms with E-state index < -0.39 is 12.0 Å². The molecule has 2 N–H and O–H groups in total. The van der Waals surface area contributed by atoms with Gasteiger partial charge in [-0.05, 0) is 17.7 Å². The largest absolute Gasteiger partial charge is 0.508 e. The van der Waals surface area contributed by atoms with Gasteiger partial charge in [-0.3, -0.25) is 19.9 Å². The first-order valence-corrected chi connectivity index (χ1v) is 6.41. The Morgan fingerprint density at radius 2 is 2.00 bits per heavy atom. The number of methoxy groups -OCH3 is 1. The Morgan fingerprint density at radius 1 is 1.38 bits per heavy atom. The molecular formula is C14H17N3O4. The Balaban J connectivity index is 2.13. The van der Waals surface area contributed by atoms with Crippen LogP contribution in [-0.2, 0) is 20.7 Å². The Labute approximate surface area is 122 Å². The highest BCUT2D eigenvalue weighted by Gasteiger charge is 2.41. The van der Waals surface area contributed by atoms with Crippen molar-refractivity contribution in [1.82, 2.24) is 9.80 Å². The first-order valence-electron chi connectivity index (χ1n) is 6.41. The molecular weight excluding hydrogens is 274 g/mol. The van der Waals surface area contributed by atoms with Gasteiger partial charge in [0, 0.05) is 13.5 Å². The normalized spacial score (nSPS) is 18.3. The van der Waals surface area contributed by atoms with Crippen molar-refractivity contribution in [3.63, 3.8) is 0 Å². The molecule has 1 amide bonds. The van der Waals surface area contributed by atoms with Crippen LogP contribution in [0, 0.1) is 5.41 Å². The highest BCUT2D eigenvalue weighted by molar-refractivity contribution is 6.06. The van der Waals surface area contributed by atoms with Crippen LogP contribution in [0.5, 0.6) is 5.75 Å². The topological polar surface area (TPSA) is 93.9 Å². The van der Waals surface area contributed by atoms with Crippen LogP contribution in [0.1, 0.15) is 5.56 Å². The average Bonchev–Trinajstić information content (AvgIpc) is 2.67. The molecule has 2 rings (SSSR count). The number of nitrogens with zero attached hydrogens (tertiary/aromatic N) is 2. The summed E-state index contributed by atoms with van der Waals surface area (Å²) < 4.78 is 4.53. The number of nitrogens with one attached hydrogen (secondary N) is 1. The number of esters is 1. The molecule has 1 aromatic carbocycles. The summed E-state index contributed by atoms with van der Waals surface area (Å²) in [6.07, 6.45) is 0.398. The van der Waals surface area contributed by atoms with Gasteiger partial charge in [0.05, 0.1) is 7.11 Å². The van der Waals surface area contributed by atoms with E-state index in [4.69, 9.17) is 5.41 Å². The number of phenols is 1. The number of guanidine groups is 1. The molecule has 0 spiro atoms. The van der Waals surface area contributed by atoms with E-state index >= 15 is 0 Å². The third kappa shape index (κ3) is 2.96. The van der Waals surface area contributed by atoms with E-state index in [0.29, 0.717) is 6.42 Å². The molecule has 1 unspecified atom stereocenters. The fourth-order valence-electron chi connectivity index (χ4n) is 2.21. The number of ether oxygens (including phenoxy) is 1. The van der Waals surface area contributed by atoms with Crippen molar-refractivity contribution < 1.29 is 19.4 Å². The van der Waals surface area contributed by atoms with Gasteiger partial charge in [0.1, 0.15) is 18.3 Å². The van der Waals surface area contributed by atoms with E-state index in [1.807, 2.05) is 0 Å². The second kappa shape index (κ2) is 5.82. The van der Waals surface area contributed by atoms with Gasteiger partial charge in [-0.15, -0.1) is 0 Å². The van der Waals surface area contributed by atoms with Gasteiger partial charge in [0.2, 0.25) is 5.96 Å². The quantitative estimate of drug-likeness (QED) is 0.772. The lowest BCUT2D eigenvalue weighted by molar-refractivity contribution is -0.144. The number of aromatic hydroxyl groups is 1. The van der Waals surface area contributed by atoms with Gasteiger partial charge in [0.15, 0.2) is 0 Å². The fraction of sp³-hybridized carbons (Fsp3) is 0.357. The number of rotatable bonds is 4. The number of carbonyl (C=O) groups excluding carboxylic acids is 2. The zero-order valence-electron chi connectivity index (χ0n) is 11.9. The second-order valence-electron chi connectivity index (χ2n) is 4.82. The summed E-state index contributed by atoms with van der Waals surface area (Å²) >= 11 is 0. The van der Waals surface area contributed by atoms with Gasteiger partial charge in [-0.2, -0.15) is 0 Å². The van der Waals surface area contributed by atoms with Crippen molar-refractivity contribution in [2.24, 2.45) is 0 Å². The molecule has 0 saturated carbocycles. The van der Waals surface area contributed by atoms with Gasteiger partial charge in [-0.25, -0.2) is 0 Å². The molecule has 1 aromatic rings. The van der Waals surface area contributed by atoms with Crippen LogP contribution in [-0.4, -0.2) is 59.5 Å². The van der Waals surface area contributed by atoms with Crippen molar-refractivity contribution in [2.75, 3.05) is 20.7 Å². The molecule has 1 aliphatic rings. The van der Waals surface area contributed by atoms with Crippen LogP contribution in [0.2, 0.25) is 0 Å². The summed E-state index contributed by atoms with van der Waals surface area (Å²) in [5.74, 6) is -0.730. The van der Waals surface area contributed by atoms with E-state index in [0.717, 1.165) is 10.5 Å². The first kappa shape index (κ1) is 14.8. The van der Waals surface area contributed by atoms with Crippen molar-refractivity contribution >= 4 is 17.8 Å². The second-order valence-corrected chi connectivity index (χ2v) is 4.82. The van der Waals surface area contributed by atoms with E-state index in [1.54, 1.807) is 31.3 Å². The van der Waals surface area contributed by atoms with Crippen LogP contribution in [0.15, 0.2) is 24.3 Å². The molecule has 0 bridgehead atoms. The van der Waals surface area contributed by atoms with E-state index in [-0.39, 0.29) is 24.2 Å². The molecule has 1 fully saturated rings. The number of hydrogen-bond donors (Lipinski definition) is 2. The minimum absolute atomic E-state index is 0.0193. The van der Waals surface area contributed by atoms with Crippen molar-refractivity contribution in [2.45, 2.75) is 12.5 Å². The zero-order valence-corrected chi connectivity index (χ0v) is 11.9. The summed E-state index contributed by atoms with van der Waals surface area (Å²) in [6, 6.07) is 6.01. The minimum atomic E-state index is -0.563. The highest BCUT2D eigenvalue weighted by atomic mass is 16.5. The molecule has 7 heteroatoms. The van der Waals surface area contributed by atoms with Crippen LogP contribution in [0.3, 0.4) is 0 Å². The third-order valence-electron chi connectivity index (χ3n) is 3.49. The van der Waals surface area contributed by atoms with Gasteiger partial charge in [-0.1, -0.05) is 12.1 Å². The zero-order chi connectivity index (χ0) is 15.6. The maximum atomic E-state index is 12.3. The number of phenolic OH excluding ortho intramolecular Hbond substituents is 1. The highest BCUT2D eigenvalue weighted by Crippen LogP contribution is 2.20. The average molecular weight is 291 g/mol. The summed E-state index contributed by atoms with van der Waals surface area (Å²) in [7, 11) is 2.88. The molecule has 0 radical (unpaired) electrons. The van der Waals surface area contributed by atoms with Crippen LogP contribution < -0.4 is 0 Å². The fourth-order valence-corrected chi connectivity index (χ4v) is 2.21. The van der Waals surface area contributed by atoms with Crippen LogP contribution in [0.4, 0.5) is 0 Å². The first-order chi connectivity index (χ1) is 9.93. The Kier molecular flexibility index (Phi) is 4.11. The van der Waals surface area contributed by atoms with Crippen molar-refractivity contribution in [3.05, 3.63) is 29.8 Å². The summed E-state index contributed by atoms with van der Waals surface area (Å²) in [4.78, 5) is 26.3. The van der Waals surface area contributed by atoms with Gasteiger partial charge in [0.25, 0.3) is 5.91 Å². The summed E-state index contributed by atoms with van der Waals surface area (Å²) in [5, 5.41) is 17.2. The monoisotopic (exact) mass is 291 g/mol. The molecule has 112 valence electrons. The number of amides is 1. The van der Waals surface area contributed by atoms with Crippen molar-refractivity contribution in [1.29, 1.82) is 5.41 Å². The SMILES string of the molecule is COC(=O)CN1C(=N)N(C)C(Cc2ccc(O)cc2)C1=O. The summed E-state index contributed by atoms with van der Waals surface area (Å²) in [6.45, 7) is -0.259. The Morgan fingerprint density at radius 3 is 2.57 bits per heavy atom. The molecule has 0 aromatic heterocycles. The lowest BCUT2D eigenvalue weighted by atomic mass is 10.1. The van der Waals surface area contributed by atoms with E-state index in [2.05, 4.69) is 4.74 Å². The predicted octanol–water partition coefficient (Wildman–Crippen LogP) is 0.185. The third-order valence-corrected chi connectivity index (χ3v) is 3.49. The molecule has 0 aliphatic carbocycles. The molecule has 1 aliphatic heterocycles. The number of benzene rings is 1. The standard InChI is InChI=1S/C14H17N3O4/c1-16-11(7-9-3-5-10(18)6-4-9)13(20)17(14(16)15)8-12(19)21-2/h3-6,11,15,18H,7-8H2,1-2H3. The Bertz CT molecular complexity index is 570. The predicted molar refractivity (Wildman–Crippen MR) is 74.8 cm³/mol. The maximum Gasteiger partial charge on any atom is 0.325 e. The van der Waals surface area contributed by atoms with Crippen LogP contribution in [0.25, 0.3) is 0 Å². The molecule has 7 nitrogen and oxygen atoms in total. The Hall–Kier alpha value is -2.57. The van der Waals surface area contributed by atoms with Crippen molar-refractivity contribution in [3.8, 4) is 5.75 Å². The molecule has 1 saturated heterocycles. The smallest absolute Gasteiger partial charge is 0.325 e. The van der Waals surface area contributed by atoms with Gasteiger partial charge >= 0.3 is 5.97 Å². The maximum absolute atomic E-state index is 12.3. The number of carbonyl (C=O) groups is 2. The van der Waals surface area contributed by atoms with Crippen LogP contribution >= 0.6 is 0 Å². The summed E-state index contributed by atoms with van der Waals surface area (Å²) in [5.41, 5.74) is 0.866. The number of likely N-dealkylation sites (N-methyl/N-ethyl adjacent to an activating group) is 1.